The summed E-state index contributed by atoms with van der Waals surface area (Å²) in [5.74, 6) is 0.543. The number of pyridine rings is 1. The minimum absolute atomic E-state index is 0.538. The number of hydrogen-bond acceptors (Lipinski definition) is 6. The molecule has 0 atom stereocenters. The molecule has 130 valence electrons. The quantitative estimate of drug-likeness (QED) is 0.460. The lowest BCUT2D eigenvalue weighted by atomic mass is 10.1. The molecule has 0 N–H and O–H groups in total. The van der Waals surface area contributed by atoms with Gasteiger partial charge in [0.05, 0.1) is 16.7 Å². The SMILES string of the molecule is CCn1ncc(Cl)c1-c1nc2c3sc4nc(C)cc(C)c4c3ncn2n1. The maximum Gasteiger partial charge on any atom is 0.202 e. The van der Waals surface area contributed by atoms with Gasteiger partial charge in [-0.1, -0.05) is 11.6 Å². The summed E-state index contributed by atoms with van der Waals surface area (Å²) in [6.45, 7) is 6.79. The molecular formula is C17H14ClN7S. The number of nitrogens with zero attached hydrogens (tertiary/aromatic N) is 7. The summed E-state index contributed by atoms with van der Waals surface area (Å²) in [7, 11) is 0. The molecule has 0 aliphatic rings. The summed E-state index contributed by atoms with van der Waals surface area (Å²) >= 11 is 7.90. The third-order valence-electron chi connectivity index (χ3n) is 4.40. The van der Waals surface area contributed by atoms with Crippen molar-refractivity contribution >= 4 is 49.0 Å². The highest BCUT2D eigenvalue weighted by molar-refractivity contribution is 7.26. The van der Waals surface area contributed by atoms with E-state index in [-0.39, 0.29) is 0 Å². The van der Waals surface area contributed by atoms with E-state index in [0.29, 0.717) is 17.4 Å². The summed E-state index contributed by atoms with van der Waals surface area (Å²) < 4.78 is 4.46. The van der Waals surface area contributed by atoms with Gasteiger partial charge in [-0.05, 0) is 32.4 Å². The van der Waals surface area contributed by atoms with Gasteiger partial charge in [-0.2, -0.15) is 5.10 Å². The molecular weight excluding hydrogens is 370 g/mol. The van der Waals surface area contributed by atoms with E-state index in [0.717, 1.165) is 37.5 Å². The molecule has 5 rings (SSSR count). The molecule has 0 unspecified atom stereocenters. The first-order valence-electron chi connectivity index (χ1n) is 8.20. The minimum Gasteiger partial charge on any atom is -0.260 e. The van der Waals surface area contributed by atoms with Crippen LogP contribution in [0.25, 0.3) is 37.6 Å². The van der Waals surface area contributed by atoms with Gasteiger partial charge in [0.15, 0.2) is 5.65 Å². The minimum atomic E-state index is 0.538. The van der Waals surface area contributed by atoms with E-state index in [1.807, 2.05) is 13.8 Å². The average Bonchev–Trinajstić information content (AvgIpc) is 3.27. The van der Waals surface area contributed by atoms with Crippen LogP contribution in [0.5, 0.6) is 0 Å². The smallest absolute Gasteiger partial charge is 0.202 e. The van der Waals surface area contributed by atoms with Crippen molar-refractivity contribution in [3.05, 3.63) is 34.9 Å². The van der Waals surface area contributed by atoms with Crippen molar-refractivity contribution < 1.29 is 0 Å². The second kappa shape index (κ2) is 5.46. The zero-order chi connectivity index (χ0) is 18.0. The van der Waals surface area contributed by atoms with E-state index in [4.69, 9.17) is 16.6 Å². The van der Waals surface area contributed by atoms with Crippen molar-refractivity contribution in [3.63, 3.8) is 0 Å². The summed E-state index contributed by atoms with van der Waals surface area (Å²) in [5, 5.41) is 10.5. The highest BCUT2D eigenvalue weighted by Gasteiger charge is 2.20. The average molecular weight is 384 g/mol. The molecule has 26 heavy (non-hydrogen) atoms. The standard InChI is InChI=1S/C17H14ClN7S/c1-4-24-13(10(18)6-20-24)15-22-16-14-12(19-7-25(16)23-15)11-8(2)5-9(3)21-17(11)26-14/h5-7H,4H2,1-3H3. The van der Waals surface area contributed by atoms with Crippen LogP contribution >= 0.6 is 22.9 Å². The number of halogens is 1. The third-order valence-corrected chi connectivity index (χ3v) is 5.74. The van der Waals surface area contributed by atoms with Gasteiger partial charge in [0.1, 0.15) is 21.6 Å². The van der Waals surface area contributed by atoms with Gasteiger partial charge in [0.2, 0.25) is 5.82 Å². The Kier molecular flexibility index (Phi) is 3.29. The van der Waals surface area contributed by atoms with Crippen LogP contribution < -0.4 is 0 Å². The molecule has 7 nitrogen and oxygen atoms in total. The molecule has 0 radical (unpaired) electrons. The number of rotatable bonds is 2. The third kappa shape index (κ3) is 2.09. The summed E-state index contributed by atoms with van der Waals surface area (Å²) in [4.78, 5) is 15.0. The van der Waals surface area contributed by atoms with Crippen molar-refractivity contribution in [1.29, 1.82) is 0 Å². The first kappa shape index (κ1) is 15.7. The molecule has 0 fully saturated rings. The number of fused-ring (bicyclic) bond motifs is 5. The molecule has 0 aliphatic heterocycles. The molecule has 0 aliphatic carbocycles. The van der Waals surface area contributed by atoms with Crippen molar-refractivity contribution in [2.45, 2.75) is 27.3 Å². The van der Waals surface area contributed by atoms with E-state index in [2.05, 4.69) is 33.2 Å². The number of aryl methyl sites for hydroxylation is 3. The van der Waals surface area contributed by atoms with E-state index in [9.17, 15) is 0 Å². The lowest BCUT2D eigenvalue weighted by Gasteiger charge is -1.99. The largest absolute Gasteiger partial charge is 0.260 e. The van der Waals surface area contributed by atoms with Crippen molar-refractivity contribution in [3.8, 4) is 11.5 Å². The Labute approximate surface area is 157 Å². The first-order chi connectivity index (χ1) is 12.6. The Balaban J connectivity index is 1.85. The zero-order valence-electron chi connectivity index (χ0n) is 14.4. The Morgan fingerprint density at radius 2 is 2.08 bits per heavy atom. The van der Waals surface area contributed by atoms with Gasteiger partial charge < -0.3 is 0 Å². The summed E-state index contributed by atoms with van der Waals surface area (Å²) in [6, 6.07) is 2.08. The van der Waals surface area contributed by atoms with Crippen molar-refractivity contribution in [2.75, 3.05) is 0 Å². The van der Waals surface area contributed by atoms with Gasteiger partial charge in [0.25, 0.3) is 0 Å². The maximum atomic E-state index is 6.31. The summed E-state index contributed by atoms with van der Waals surface area (Å²) in [5.41, 5.74) is 4.56. The highest BCUT2D eigenvalue weighted by Crippen LogP contribution is 2.36. The van der Waals surface area contributed by atoms with Crippen LogP contribution in [0.1, 0.15) is 18.2 Å². The summed E-state index contributed by atoms with van der Waals surface area (Å²) in [6.07, 6.45) is 3.32. The van der Waals surface area contributed by atoms with Crippen LogP contribution in [0.3, 0.4) is 0 Å². The van der Waals surface area contributed by atoms with E-state index in [1.54, 1.807) is 33.1 Å². The van der Waals surface area contributed by atoms with Crippen molar-refractivity contribution in [1.82, 2.24) is 34.3 Å². The zero-order valence-corrected chi connectivity index (χ0v) is 15.9. The Morgan fingerprint density at radius 1 is 1.23 bits per heavy atom. The van der Waals surface area contributed by atoms with Gasteiger partial charge in [-0.3, -0.25) is 4.68 Å². The second-order valence-electron chi connectivity index (χ2n) is 6.15. The molecule has 9 heteroatoms. The van der Waals surface area contributed by atoms with E-state index < -0.39 is 0 Å². The van der Waals surface area contributed by atoms with Gasteiger partial charge in [0, 0.05) is 17.6 Å². The number of thiophene rings is 1. The van der Waals surface area contributed by atoms with Crippen LogP contribution in [0.2, 0.25) is 5.02 Å². The predicted octanol–water partition coefficient (Wildman–Crippen LogP) is 4.04. The van der Waals surface area contributed by atoms with Crippen LogP contribution in [-0.4, -0.2) is 34.3 Å². The molecule has 0 saturated heterocycles. The molecule has 5 aromatic heterocycles. The van der Waals surface area contributed by atoms with Gasteiger partial charge >= 0.3 is 0 Å². The van der Waals surface area contributed by atoms with Crippen LogP contribution in [0.4, 0.5) is 0 Å². The fourth-order valence-corrected chi connectivity index (χ4v) is 4.74. The fraction of sp³-hybridized carbons (Fsp3) is 0.235. The first-order valence-corrected chi connectivity index (χ1v) is 9.39. The highest BCUT2D eigenvalue weighted by atomic mass is 35.5. The molecule has 0 amide bonds. The molecule has 0 aromatic carbocycles. The lowest BCUT2D eigenvalue weighted by Crippen LogP contribution is -2.00. The van der Waals surface area contributed by atoms with E-state index in [1.165, 1.54) is 5.56 Å². The molecule has 0 spiro atoms. The van der Waals surface area contributed by atoms with Gasteiger partial charge in [-0.15, -0.1) is 16.4 Å². The second-order valence-corrected chi connectivity index (χ2v) is 7.55. The van der Waals surface area contributed by atoms with Gasteiger partial charge in [-0.25, -0.2) is 19.5 Å². The normalized spacial score (nSPS) is 12.0. The van der Waals surface area contributed by atoms with Crippen LogP contribution in [0.15, 0.2) is 18.6 Å². The monoisotopic (exact) mass is 383 g/mol. The van der Waals surface area contributed by atoms with Crippen LogP contribution in [-0.2, 0) is 6.54 Å². The lowest BCUT2D eigenvalue weighted by molar-refractivity contribution is 0.663. The predicted molar refractivity (Wildman–Crippen MR) is 103 cm³/mol. The number of hydrogen-bond donors (Lipinski definition) is 0. The molecule has 5 aromatic rings. The van der Waals surface area contributed by atoms with Crippen molar-refractivity contribution in [2.24, 2.45) is 0 Å². The topological polar surface area (TPSA) is 73.8 Å². The van der Waals surface area contributed by atoms with Crippen LogP contribution in [0, 0.1) is 13.8 Å². The Hall–Kier alpha value is -2.58. The molecule has 0 bridgehead atoms. The fourth-order valence-electron chi connectivity index (χ4n) is 3.29. The Bertz CT molecular complexity index is 1310. The maximum absolute atomic E-state index is 6.31. The molecule has 5 heterocycles. The Morgan fingerprint density at radius 3 is 2.88 bits per heavy atom. The van der Waals surface area contributed by atoms with E-state index >= 15 is 0 Å². The molecule has 0 saturated carbocycles. The number of aromatic nitrogens is 7.